The molecule has 0 aliphatic rings. The predicted molar refractivity (Wildman–Crippen MR) is 134 cm³/mol. The van der Waals surface area contributed by atoms with Gasteiger partial charge in [0, 0.05) is 5.88 Å². The lowest BCUT2D eigenvalue weighted by molar-refractivity contribution is 0.281. The number of rotatable bonds is 4. The maximum Gasteiger partial charge on any atom is 0.0681 e. The predicted octanol–water partition coefficient (Wildman–Crippen LogP) is 8.45. The quantitative estimate of drug-likeness (QED) is 0.482. The summed E-state index contributed by atoms with van der Waals surface area (Å²) in [5.41, 5.74) is 8.22. The van der Waals surface area contributed by atoms with Gasteiger partial charge in [0.25, 0.3) is 0 Å². The Morgan fingerprint density at radius 3 is 1.37 bits per heavy atom. The van der Waals surface area contributed by atoms with E-state index >= 15 is 0 Å². The first-order valence-electron chi connectivity index (χ1n) is 11.2. The van der Waals surface area contributed by atoms with Gasteiger partial charge in [-0.15, -0.1) is 11.6 Å². The first kappa shape index (κ1) is 26.7. The van der Waals surface area contributed by atoms with E-state index in [1.54, 1.807) is 0 Å². The third-order valence-electron chi connectivity index (χ3n) is 5.43. The monoisotopic (exact) mass is 430 g/mol. The third kappa shape index (κ3) is 7.43. The van der Waals surface area contributed by atoms with Gasteiger partial charge in [0.05, 0.1) is 6.61 Å². The van der Waals surface area contributed by atoms with E-state index in [4.69, 9.17) is 16.7 Å². The molecule has 0 fully saturated rings. The van der Waals surface area contributed by atoms with Crippen molar-refractivity contribution in [1.82, 2.24) is 0 Å². The van der Waals surface area contributed by atoms with Crippen LogP contribution >= 0.6 is 11.6 Å². The van der Waals surface area contributed by atoms with Crippen molar-refractivity contribution >= 4 is 11.6 Å². The zero-order valence-corrected chi connectivity index (χ0v) is 21.6. The Morgan fingerprint density at radius 1 is 0.700 bits per heavy atom. The van der Waals surface area contributed by atoms with Gasteiger partial charge in [0.15, 0.2) is 0 Å². The van der Waals surface area contributed by atoms with Crippen LogP contribution in [0.2, 0.25) is 0 Å². The fourth-order valence-electron chi connectivity index (χ4n) is 3.73. The Balaban J connectivity index is 0.000000300. The van der Waals surface area contributed by atoms with Crippen molar-refractivity contribution in [2.24, 2.45) is 0 Å². The summed E-state index contributed by atoms with van der Waals surface area (Å²) in [5.74, 6) is 1.66. The van der Waals surface area contributed by atoms with Crippen LogP contribution in [0.15, 0.2) is 36.4 Å². The second-order valence-corrected chi connectivity index (χ2v) is 11.2. The molecule has 0 spiro atoms. The molecule has 168 valence electrons. The molecular formula is C28H43ClO. The minimum absolute atomic E-state index is 0.129. The Morgan fingerprint density at radius 2 is 1.07 bits per heavy atom. The number of alkyl halides is 1. The summed E-state index contributed by atoms with van der Waals surface area (Å²) in [4.78, 5) is 0. The number of aliphatic hydroxyl groups excluding tert-OH is 1. The summed E-state index contributed by atoms with van der Waals surface area (Å²) >= 11 is 5.87. The van der Waals surface area contributed by atoms with Gasteiger partial charge in [0.2, 0.25) is 0 Å². The molecule has 2 aromatic rings. The first-order valence-corrected chi connectivity index (χ1v) is 11.7. The molecule has 2 heteroatoms. The second kappa shape index (κ2) is 10.8. The van der Waals surface area contributed by atoms with Crippen LogP contribution in [0, 0.1) is 0 Å². The van der Waals surface area contributed by atoms with Gasteiger partial charge in [-0.3, -0.25) is 0 Å². The smallest absolute Gasteiger partial charge is 0.0681 e. The van der Waals surface area contributed by atoms with Gasteiger partial charge in [-0.2, -0.15) is 0 Å². The lowest BCUT2D eigenvalue weighted by Crippen LogP contribution is -2.15. The molecule has 0 aromatic heterocycles. The Labute approximate surface area is 190 Å². The summed E-state index contributed by atoms with van der Waals surface area (Å²) in [6.45, 7) is 22.5. The van der Waals surface area contributed by atoms with Crippen LogP contribution in [0.1, 0.15) is 114 Å². The van der Waals surface area contributed by atoms with E-state index < -0.39 is 0 Å². The molecule has 0 bridgehead atoms. The fraction of sp³-hybridized carbons (Fsp3) is 0.571. The van der Waals surface area contributed by atoms with Crippen LogP contribution in [0.25, 0.3) is 0 Å². The van der Waals surface area contributed by atoms with Gasteiger partial charge in [-0.25, -0.2) is 0 Å². The Kier molecular flexibility index (Phi) is 9.64. The van der Waals surface area contributed by atoms with Gasteiger partial charge >= 0.3 is 0 Å². The molecule has 0 saturated carbocycles. The highest BCUT2D eigenvalue weighted by atomic mass is 35.5. The molecule has 0 heterocycles. The average molecular weight is 431 g/mol. The van der Waals surface area contributed by atoms with Crippen molar-refractivity contribution in [3.63, 3.8) is 0 Å². The lowest BCUT2D eigenvalue weighted by Gasteiger charge is -2.25. The molecule has 0 amide bonds. The summed E-state index contributed by atoms with van der Waals surface area (Å²) < 4.78 is 0. The highest BCUT2D eigenvalue weighted by Gasteiger charge is 2.20. The van der Waals surface area contributed by atoms with E-state index in [9.17, 15) is 0 Å². The van der Waals surface area contributed by atoms with Crippen LogP contribution in [0.3, 0.4) is 0 Å². The average Bonchev–Trinajstić information content (AvgIpc) is 2.65. The van der Waals surface area contributed by atoms with Crippen LogP contribution in [0.4, 0.5) is 0 Å². The molecule has 0 aliphatic carbocycles. The van der Waals surface area contributed by atoms with Gasteiger partial charge in [-0.05, 0) is 56.0 Å². The van der Waals surface area contributed by atoms with E-state index in [-0.39, 0.29) is 17.4 Å². The Hall–Kier alpha value is -1.31. The van der Waals surface area contributed by atoms with Gasteiger partial charge in [-0.1, -0.05) is 106 Å². The van der Waals surface area contributed by atoms with Crippen molar-refractivity contribution in [3.8, 4) is 0 Å². The molecule has 0 aliphatic heterocycles. The molecule has 2 rings (SSSR count). The van der Waals surface area contributed by atoms with E-state index in [2.05, 4.69) is 99.6 Å². The van der Waals surface area contributed by atoms with Crippen LogP contribution in [-0.4, -0.2) is 5.11 Å². The zero-order valence-electron chi connectivity index (χ0n) is 20.9. The van der Waals surface area contributed by atoms with E-state index in [0.29, 0.717) is 17.7 Å². The maximum atomic E-state index is 9.14. The molecule has 1 N–H and O–H groups in total. The summed E-state index contributed by atoms with van der Waals surface area (Å²) in [6, 6.07) is 12.9. The summed E-state index contributed by atoms with van der Waals surface area (Å²) in [5, 5.41) is 9.14. The fourth-order valence-corrected chi connectivity index (χ4v) is 3.89. The summed E-state index contributed by atoms with van der Waals surface area (Å²) in [6.07, 6.45) is 0. The molecule has 30 heavy (non-hydrogen) atoms. The van der Waals surface area contributed by atoms with Crippen LogP contribution in [-0.2, 0) is 23.3 Å². The molecule has 1 nitrogen and oxygen atoms in total. The minimum Gasteiger partial charge on any atom is -0.392 e. The number of hydrogen-bond donors (Lipinski definition) is 1. The molecular weight excluding hydrogens is 388 g/mol. The number of hydrogen-bond acceptors (Lipinski definition) is 1. The maximum absolute atomic E-state index is 9.14. The summed E-state index contributed by atoms with van der Waals surface area (Å²) in [7, 11) is 0. The van der Waals surface area contributed by atoms with Gasteiger partial charge in [0.1, 0.15) is 0 Å². The van der Waals surface area contributed by atoms with Crippen molar-refractivity contribution in [1.29, 1.82) is 0 Å². The van der Waals surface area contributed by atoms with Crippen molar-refractivity contribution in [2.45, 2.75) is 104 Å². The molecule has 0 atom stereocenters. The SMILES string of the molecule is CC(C)c1cc(CCl)ccc1C(C)(C)C.CC(C)c1cc(CO)ccc1C(C)(C)C. The number of aliphatic hydroxyl groups is 1. The highest BCUT2D eigenvalue weighted by Crippen LogP contribution is 2.32. The topological polar surface area (TPSA) is 20.2 Å². The van der Waals surface area contributed by atoms with Gasteiger partial charge < -0.3 is 5.11 Å². The van der Waals surface area contributed by atoms with Crippen LogP contribution < -0.4 is 0 Å². The molecule has 0 unspecified atom stereocenters. The standard InChI is InChI=1S/C14H21Cl.C14H22O/c2*1-10(2)12-8-11(9-15)6-7-13(12)14(3,4)5/h6-8,10H,9H2,1-5H3;6-8,10,15H,9H2,1-5H3. The number of benzene rings is 2. The number of halogens is 1. The van der Waals surface area contributed by atoms with Crippen molar-refractivity contribution in [2.75, 3.05) is 0 Å². The third-order valence-corrected chi connectivity index (χ3v) is 5.74. The largest absolute Gasteiger partial charge is 0.392 e. The first-order chi connectivity index (χ1) is 13.7. The minimum atomic E-state index is 0.129. The molecule has 2 aromatic carbocycles. The van der Waals surface area contributed by atoms with Crippen molar-refractivity contribution in [3.05, 3.63) is 69.8 Å². The second-order valence-electron chi connectivity index (χ2n) is 10.9. The van der Waals surface area contributed by atoms with E-state index in [0.717, 1.165) is 5.56 Å². The molecule has 0 radical (unpaired) electrons. The normalized spacial score (nSPS) is 12.2. The van der Waals surface area contributed by atoms with Crippen molar-refractivity contribution < 1.29 is 5.11 Å². The van der Waals surface area contributed by atoms with E-state index in [1.165, 1.54) is 27.8 Å². The van der Waals surface area contributed by atoms with E-state index in [1.807, 2.05) is 6.07 Å². The lowest BCUT2D eigenvalue weighted by atomic mass is 9.80. The Bertz CT molecular complexity index is 735. The zero-order chi connectivity index (χ0) is 23.3. The highest BCUT2D eigenvalue weighted by molar-refractivity contribution is 6.17. The van der Waals surface area contributed by atoms with Crippen LogP contribution in [0.5, 0.6) is 0 Å². The molecule has 0 saturated heterocycles.